The predicted molar refractivity (Wildman–Crippen MR) is 64.2 cm³/mol. The first kappa shape index (κ1) is 12.5. The Labute approximate surface area is 93.5 Å². The average molecular weight is 212 g/mol. The lowest BCUT2D eigenvalue weighted by atomic mass is 10.1. The lowest BCUT2D eigenvalue weighted by Gasteiger charge is -2.16. The van der Waals surface area contributed by atoms with Crippen LogP contribution in [0.2, 0.25) is 0 Å². The number of nitrogens with zero attached hydrogens (tertiary/aromatic N) is 2. The third kappa shape index (κ3) is 4.65. The molecule has 0 bridgehead atoms. The van der Waals surface area contributed by atoms with Crippen LogP contribution in [-0.2, 0) is 4.84 Å². The van der Waals surface area contributed by atoms with E-state index in [4.69, 9.17) is 4.84 Å². The molecular weight excluding hydrogens is 188 g/mol. The number of rotatable bonds is 6. The Morgan fingerprint density at radius 2 is 2.13 bits per heavy atom. The summed E-state index contributed by atoms with van der Waals surface area (Å²) < 4.78 is 0. The van der Waals surface area contributed by atoms with Gasteiger partial charge in [-0.1, -0.05) is 25.9 Å². The van der Waals surface area contributed by atoms with Gasteiger partial charge in [0.15, 0.2) is 0 Å². The largest absolute Gasteiger partial charge is 0.394 e. The molecule has 0 saturated heterocycles. The SMILES string of the molecule is CCN(CC)CCO/N=C1/CCC(C)C1. The fraction of sp³-hybridized carbons (Fsp3) is 0.917. The van der Waals surface area contributed by atoms with Gasteiger partial charge in [-0.05, 0) is 38.3 Å². The molecule has 1 saturated carbocycles. The van der Waals surface area contributed by atoms with Crippen LogP contribution < -0.4 is 0 Å². The Morgan fingerprint density at radius 1 is 1.40 bits per heavy atom. The molecule has 3 nitrogen and oxygen atoms in total. The Hall–Kier alpha value is -0.570. The Morgan fingerprint density at radius 3 is 2.67 bits per heavy atom. The maximum Gasteiger partial charge on any atom is 0.129 e. The van der Waals surface area contributed by atoms with Gasteiger partial charge in [-0.25, -0.2) is 0 Å². The van der Waals surface area contributed by atoms with Gasteiger partial charge in [0, 0.05) is 6.54 Å². The number of likely N-dealkylation sites (N-methyl/N-ethyl adjacent to an activating group) is 1. The van der Waals surface area contributed by atoms with Crippen molar-refractivity contribution in [1.29, 1.82) is 0 Å². The highest BCUT2D eigenvalue weighted by Crippen LogP contribution is 2.21. The molecule has 0 spiro atoms. The second kappa shape index (κ2) is 6.83. The third-order valence-electron chi connectivity index (χ3n) is 3.10. The van der Waals surface area contributed by atoms with E-state index in [1.54, 1.807) is 0 Å². The molecule has 0 aliphatic heterocycles. The van der Waals surface area contributed by atoms with Gasteiger partial charge < -0.3 is 9.74 Å². The summed E-state index contributed by atoms with van der Waals surface area (Å²) in [7, 11) is 0. The van der Waals surface area contributed by atoms with Crippen LogP contribution in [0.3, 0.4) is 0 Å². The van der Waals surface area contributed by atoms with E-state index in [9.17, 15) is 0 Å². The molecule has 0 aromatic heterocycles. The molecule has 0 heterocycles. The fourth-order valence-corrected chi connectivity index (χ4v) is 1.95. The van der Waals surface area contributed by atoms with Crippen molar-refractivity contribution in [3.63, 3.8) is 0 Å². The fourth-order valence-electron chi connectivity index (χ4n) is 1.95. The number of oxime groups is 1. The minimum Gasteiger partial charge on any atom is -0.394 e. The van der Waals surface area contributed by atoms with Gasteiger partial charge in [0.05, 0.1) is 5.71 Å². The van der Waals surface area contributed by atoms with E-state index in [-0.39, 0.29) is 0 Å². The highest BCUT2D eigenvalue weighted by atomic mass is 16.6. The van der Waals surface area contributed by atoms with Crippen LogP contribution in [0.25, 0.3) is 0 Å². The lowest BCUT2D eigenvalue weighted by Crippen LogP contribution is -2.26. The molecule has 1 aliphatic rings. The summed E-state index contributed by atoms with van der Waals surface area (Å²) >= 11 is 0. The van der Waals surface area contributed by atoms with E-state index in [2.05, 4.69) is 30.8 Å². The predicted octanol–water partition coefficient (Wildman–Crippen LogP) is 2.52. The molecule has 15 heavy (non-hydrogen) atoms. The van der Waals surface area contributed by atoms with Crippen LogP contribution in [-0.4, -0.2) is 36.9 Å². The van der Waals surface area contributed by atoms with Crippen LogP contribution in [0.15, 0.2) is 5.16 Å². The molecule has 1 fully saturated rings. The van der Waals surface area contributed by atoms with Gasteiger partial charge in [-0.2, -0.15) is 0 Å². The van der Waals surface area contributed by atoms with Gasteiger partial charge in [0.1, 0.15) is 6.61 Å². The van der Waals surface area contributed by atoms with Gasteiger partial charge in [-0.15, -0.1) is 0 Å². The Kier molecular flexibility index (Phi) is 5.69. The van der Waals surface area contributed by atoms with Crippen LogP contribution in [0.4, 0.5) is 0 Å². The molecule has 88 valence electrons. The smallest absolute Gasteiger partial charge is 0.129 e. The minimum atomic E-state index is 0.722. The van der Waals surface area contributed by atoms with Gasteiger partial charge >= 0.3 is 0 Å². The summed E-state index contributed by atoms with van der Waals surface area (Å²) in [4.78, 5) is 7.69. The molecule has 3 heteroatoms. The minimum absolute atomic E-state index is 0.722. The average Bonchev–Trinajstić information content (AvgIpc) is 2.65. The molecule has 0 radical (unpaired) electrons. The van der Waals surface area contributed by atoms with Gasteiger partial charge in [0.2, 0.25) is 0 Å². The van der Waals surface area contributed by atoms with Crippen molar-refractivity contribution in [3.8, 4) is 0 Å². The van der Waals surface area contributed by atoms with E-state index < -0.39 is 0 Å². The molecular formula is C12H24N2O. The summed E-state index contributed by atoms with van der Waals surface area (Å²) in [6.07, 6.45) is 3.54. The van der Waals surface area contributed by atoms with Crippen LogP contribution in [0.1, 0.15) is 40.0 Å². The standard InChI is InChI=1S/C12H24N2O/c1-4-14(5-2)8-9-15-13-12-7-6-11(3)10-12/h11H,4-10H2,1-3H3/b13-12-. The summed E-state index contributed by atoms with van der Waals surface area (Å²) in [6, 6.07) is 0. The Balaban J connectivity index is 2.10. The van der Waals surface area contributed by atoms with Crippen LogP contribution in [0, 0.1) is 5.92 Å². The second-order valence-electron chi connectivity index (χ2n) is 4.37. The zero-order valence-electron chi connectivity index (χ0n) is 10.3. The normalized spacial score (nSPS) is 24.0. The summed E-state index contributed by atoms with van der Waals surface area (Å²) in [5, 5.41) is 4.20. The van der Waals surface area contributed by atoms with Crippen LogP contribution >= 0.6 is 0 Å². The molecule has 0 aromatic rings. The molecule has 0 aromatic carbocycles. The molecule has 0 amide bonds. The maximum atomic E-state index is 5.35. The summed E-state index contributed by atoms with van der Waals surface area (Å²) in [5.41, 5.74) is 1.25. The van der Waals surface area contributed by atoms with E-state index in [0.717, 1.165) is 45.0 Å². The van der Waals surface area contributed by atoms with Crippen molar-refractivity contribution in [2.75, 3.05) is 26.2 Å². The topological polar surface area (TPSA) is 24.8 Å². The zero-order chi connectivity index (χ0) is 11.1. The highest BCUT2D eigenvalue weighted by Gasteiger charge is 2.16. The van der Waals surface area contributed by atoms with Gasteiger partial charge in [-0.3, -0.25) is 0 Å². The summed E-state index contributed by atoms with van der Waals surface area (Å²) in [6.45, 7) is 10.5. The lowest BCUT2D eigenvalue weighted by molar-refractivity contribution is 0.113. The van der Waals surface area contributed by atoms with E-state index in [0.29, 0.717) is 0 Å². The van der Waals surface area contributed by atoms with Crippen molar-refractivity contribution in [1.82, 2.24) is 4.90 Å². The molecule has 1 aliphatic carbocycles. The van der Waals surface area contributed by atoms with E-state index >= 15 is 0 Å². The number of hydrogen-bond donors (Lipinski definition) is 0. The molecule has 0 N–H and O–H groups in total. The molecule has 1 rings (SSSR count). The van der Waals surface area contributed by atoms with E-state index in [1.165, 1.54) is 12.1 Å². The number of hydrogen-bond acceptors (Lipinski definition) is 3. The van der Waals surface area contributed by atoms with Crippen molar-refractivity contribution in [3.05, 3.63) is 0 Å². The van der Waals surface area contributed by atoms with Gasteiger partial charge in [0.25, 0.3) is 0 Å². The third-order valence-corrected chi connectivity index (χ3v) is 3.10. The van der Waals surface area contributed by atoms with Crippen molar-refractivity contribution < 1.29 is 4.84 Å². The highest BCUT2D eigenvalue weighted by molar-refractivity contribution is 5.85. The molecule has 1 atom stereocenters. The molecule has 1 unspecified atom stereocenters. The monoisotopic (exact) mass is 212 g/mol. The first-order valence-corrected chi connectivity index (χ1v) is 6.16. The Bertz CT molecular complexity index is 200. The second-order valence-corrected chi connectivity index (χ2v) is 4.37. The summed E-state index contributed by atoms with van der Waals surface area (Å²) in [5.74, 6) is 0.801. The van der Waals surface area contributed by atoms with Crippen molar-refractivity contribution in [2.24, 2.45) is 11.1 Å². The van der Waals surface area contributed by atoms with Crippen LogP contribution in [0.5, 0.6) is 0 Å². The zero-order valence-corrected chi connectivity index (χ0v) is 10.3. The quantitative estimate of drug-likeness (QED) is 0.499. The first-order valence-electron chi connectivity index (χ1n) is 6.16. The van der Waals surface area contributed by atoms with Crippen molar-refractivity contribution in [2.45, 2.75) is 40.0 Å². The first-order chi connectivity index (χ1) is 7.26. The maximum absolute atomic E-state index is 5.35. The van der Waals surface area contributed by atoms with E-state index in [1.807, 2.05) is 0 Å². The van der Waals surface area contributed by atoms with Crippen molar-refractivity contribution >= 4 is 5.71 Å².